The fourth-order valence-corrected chi connectivity index (χ4v) is 1.86. The molecule has 0 aliphatic rings. The van der Waals surface area contributed by atoms with E-state index >= 15 is 0 Å². The summed E-state index contributed by atoms with van der Waals surface area (Å²) in [7, 11) is 3.42. The van der Waals surface area contributed by atoms with E-state index in [1.54, 1.807) is 13.2 Å². The molecule has 1 aromatic heterocycles. The van der Waals surface area contributed by atoms with Crippen LogP contribution >= 0.6 is 11.6 Å². The smallest absolute Gasteiger partial charge is 0.138 e. The minimum atomic E-state index is 0.584. The van der Waals surface area contributed by atoms with Crippen LogP contribution in [0.4, 0.5) is 5.82 Å². The van der Waals surface area contributed by atoms with Gasteiger partial charge in [0.05, 0.1) is 17.8 Å². The minimum absolute atomic E-state index is 0.584. The highest BCUT2D eigenvalue weighted by Crippen LogP contribution is 2.30. The highest BCUT2D eigenvalue weighted by Gasteiger charge is 2.07. The molecule has 1 N–H and O–H groups in total. The van der Waals surface area contributed by atoms with Crippen molar-refractivity contribution in [3.63, 3.8) is 0 Å². The zero-order valence-corrected chi connectivity index (χ0v) is 11.2. The summed E-state index contributed by atoms with van der Waals surface area (Å²) in [6.07, 6.45) is 0. The molecule has 0 aliphatic carbocycles. The molecule has 0 spiro atoms. The number of hydrogen-bond donors (Lipinski definition) is 1. The summed E-state index contributed by atoms with van der Waals surface area (Å²) in [4.78, 5) is 8.67. The molecule has 0 fully saturated rings. The first kappa shape index (κ1) is 12.6. The van der Waals surface area contributed by atoms with Crippen LogP contribution in [0.25, 0.3) is 11.3 Å². The SMILES string of the molecule is CNc1cc(-c2ccc(Cl)c(OC)c2)nc(C)n1. The van der Waals surface area contributed by atoms with Crippen molar-refractivity contribution in [2.24, 2.45) is 0 Å². The van der Waals surface area contributed by atoms with E-state index in [2.05, 4.69) is 15.3 Å². The minimum Gasteiger partial charge on any atom is -0.495 e. The van der Waals surface area contributed by atoms with Gasteiger partial charge < -0.3 is 10.1 Å². The Kier molecular flexibility index (Phi) is 3.67. The van der Waals surface area contributed by atoms with Crippen molar-refractivity contribution in [3.05, 3.63) is 35.1 Å². The third-order valence-electron chi connectivity index (χ3n) is 2.54. The van der Waals surface area contributed by atoms with Gasteiger partial charge in [-0.2, -0.15) is 0 Å². The largest absolute Gasteiger partial charge is 0.495 e. The van der Waals surface area contributed by atoms with Gasteiger partial charge in [0, 0.05) is 18.7 Å². The lowest BCUT2D eigenvalue weighted by molar-refractivity contribution is 0.415. The summed E-state index contributed by atoms with van der Waals surface area (Å²) in [6, 6.07) is 7.46. The van der Waals surface area contributed by atoms with Crippen LogP contribution in [-0.4, -0.2) is 24.1 Å². The van der Waals surface area contributed by atoms with E-state index in [4.69, 9.17) is 16.3 Å². The molecule has 0 amide bonds. The van der Waals surface area contributed by atoms with Crippen molar-refractivity contribution in [2.45, 2.75) is 6.92 Å². The van der Waals surface area contributed by atoms with Crippen LogP contribution in [0.5, 0.6) is 5.75 Å². The van der Waals surface area contributed by atoms with Gasteiger partial charge in [-0.1, -0.05) is 17.7 Å². The van der Waals surface area contributed by atoms with Crippen LogP contribution < -0.4 is 10.1 Å². The average Bonchev–Trinajstić information content (AvgIpc) is 2.38. The van der Waals surface area contributed by atoms with Crippen LogP contribution in [0, 0.1) is 6.92 Å². The molecular formula is C13H14ClN3O. The third kappa shape index (κ3) is 2.54. The van der Waals surface area contributed by atoms with E-state index < -0.39 is 0 Å². The topological polar surface area (TPSA) is 47.0 Å². The second-order valence-corrected chi connectivity index (χ2v) is 4.19. The Morgan fingerprint density at radius 3 is 2.67 bits per heavy atom. The molecule has 1 heterocycles. The maximum absolute atomic E-state index is 6.00. The first-order valence-corrected chi connectivity index (χ1v) is 5.89. The molecule has 94 valence electrons. The Morgan fingerprint density at radius 1 is 1.22 bits per heavy atom. The zero-order valence-electron chi connectivity index (χ0n) is 10.5. The summed E-state index contributed by atoms with van der Waals surface area (Å²) in [6.45, 7) is 1.86. The number of nitrogens with one attached hydrogen (secondary N) is 1. The molecule has 0 radical (unpaired) electrons. The molecule has 2 aromatic rings. The number of halogens is 1. The fourth-order valence-electron chi connectivity index (χ4n) is 1.66. The summed E-state index contributed by atoms with van der Waals surface area (Å²) >= 11 is 6.00. The monoisotopic (exact) mass is 263 g/mol. The lowest BCUT2D eigenvalue weighted by atomic mass is 10.1. The number of anilines is 1. The van der Waals surface area contributed by atoms with E-state index in [1.165, 1.54) is 0 Å². The van der Waals surface area contributed by atoms with E-state index in [0.717, 1.165) is 17.1 Å². The van der Waals surface area contributed by atoms with Crippen molar-refractivity contribution < 1.29 is 4.74 Å². The number of nitrogens with zero attached hydrogens (tertiary/aromatic N) is 2. The van der Waals surface area contributed by atoms with Gasteiger partial charge >= 0.3 is 0 Å². The molecular weight excluding hydrogens is 250 g/mol. The molecule has 0 atom stereocenters. The number of aryl methyl sites for hydroxylation is 1. The molecule has 0 unspecified atom stereocenters. The van der Waals surface area contributed by atoms with Gasteiger partial charge in [-0.15, -0.1) is 0 Å². The average molecular weight is 264 g/mol. The van der Waals surface area contributed by atoms with E-state index in [0.29, 0.717) is 16.6 Å². The van der Waals surface area contributed by atoms with Crippen molar-refractivity contribution in [1.29, 1.82) is 0 Å². The normalized spacial score (nSPS) is 10.2. The van der Waals surface area contributed by atoms with Crippen molar-refractivity contribution in [2.75, 3.05) is 19.5 Å². The van der Waals surface area contributed by atoms with E-state index in [-0.39, 0.29) is 0 Å². The molecule has 18 heavy (non-hydrogen) atoms. The summed E-state index contributed by atoms with van der Waals surface area (Å²) < 4.78 is 5.20. The standard InChI is InChI=1S/C13H14ClN3O/c1-8-16-11(7-13(15-2)17-8)9-4-5-10(14)12(6-9)18-3/h4-7H,1-3H3,(H,15,16,17). The Morgan fingerprint density at radius 2 is 2.00 bits per heavy atom. The molecule has 1 aromatic carbocycles. The van der Waals surface area contributed by atoms with Crippen molar-refractivity contribution in [1.82, 2.24) is 9.97 Å². The Hall–Kier alpha value is -1.81. The van der Waals surface area contributed by atoms with E-state index in [1.807, 2.05) is 32.2 Å². The number of ether oxygens (including phenoxy) is 1. The number of hydrogen-bond acceptors (Lipinski definition) is 4. The molecule has 2 rings (SSSR count). The second kappa shape index (κ2) is 5.23. The summed E-state index contributed by atoms with van der Waals surface area (Å²) in [5.74, 6) is 2.13. The zero-order chi connectivity index (χ0) is 13.1. The van der Waals surface area contributed by atoms with Gasteiger partial charge in [0.15, 0.2) is 0 Å². The molecule has 5 heteroatoms. The summed E-state index contributed by atoms with van der Waals surface area (Å²) in [5, 5.41) is 3.59. The molecule has 4 nitrogen and oxygen atoms in total. The maximum Gasteiger partial charge on any atom is 0.138 e. The molecule has 0 aliphatic heterocycles. The highest BCUT2D eigenvalue weighted by molar-refractivity contribution is 6.32. The van der Waals surface area contributed by atoms with Crippen LogP contribution in [0.15, 0.2) is 24.3 Å². The number of rotatable bonds is 3. The first-order valence-electron chi connectivity index (χ1n) is 5.51. The maximum atomic E-state index is 6.00. The van der Waals surface area contributed by atoms with Gasteiger partial charge in [-0.3, -0.25) is 0 Å². The Balaban J connectivity index is 2.51. The first-order chi connectivity index (χ1) is 8.63. The number of methoxy groups -OCH3 is 1. The summed E-state index contributed by atoms with van der Waals surface area (Å²) in [5.41, 5.74) is 1.78. The predicted octanol–water partition coefficient (Wildman–Crippen LogP) is 3.16. The van der Waals surface area contributed by atoms with Gasteiger partial charge in [0.1, 0.15) is 17.4 Å². The lowest BCUT2D eigenvalue weighted by Gasteiger charge is -2.08. The van der Waals surface area contributed by atoms with Crippen molar-refractivity contribution >= 4 is 17.4 Å². The Bertz CT molecular complexity index is 572. The Labute approximate surface area is 111 Å². The fraction of sp³-hybridized carbons (Fsp3) is 0.231. The molecule has 0 bridgehead atoms. The highest BCUT2D eigenvalue weighted by atomic mass is 35.5. The third-order valence-corrected chi connectivity index (χ3v) is 2.85. The van der Waals surface area contributed by atoms with Crippen molar-refractivity contribution in [3.8, 4) is 17.0 Å². The molecule has 0 saturated carbocycles. The molecule has 0 saturated heterocycles. The number of benzene rings is 1. The predicted molar refractivity (Wildman–Crippen MR) is 73.3 cm³/mol. The van der Waals surface area contributed by atoms with Gasteiger partial charge in [0.2, 0.25) is 0 Å². The lowest BCUT2D eigenvalue weighted by Crippen LogP contribution is -1.98. The van der Waals surface area contributed by atoms with Gasteiger partial charge in [-0.05, 0) is 19.1 Å². The quantitative estimate of drug-likeness (QED) is 0.924. The van der Waals surface area contributed by atoms with E-state index in [9.17, 15) is 0 Å². The van der Waals surface area contributed by atoms with Crippen LogP contribution in [0.3, 0.4) is 0 Å². The van der Waals surface area contributed by atoms with Crippen LogP contribution in [-0.2, 0) is 0 Å². The van der Waals surface area contributed by atoms with Gasteiger partial charge in [-0.25, -0.2) is 9.97 Å². The second-order valence-electron chi connectivity index (χ2n) is 3.78. The van der Waals surface area contributed by atoms with Gasteiger partial charge in [0.25, 0.3) is 0 Å². The van der Waals surface area contributed by atoms with Crippen LogP contribution in [0.2, 0.25) is 5.02 Å². The number of aromatic nitrogens is 2. The van der Waals surface area contributed by atoms with Crippen LogP contribution in [0.1, 0.15) is 5.82 Å².